The van der Waals surface area contributed by atoms with Gasteiger partial charge in [0.1, 0.15) is 5.76 Å². The van der Waals surface area contributed by atoms with Crippen molar-refractivity contribution in [3.05, 3.63) is 24.2 Å². The summed E-state index contributed by atoms with van der Waals surface area (Å²) < 4.78 is 5.97. The van der Waals surface area contributed by atoms with E-state index in [0.29, 0.717) is 18.2 Å². The number of hydrogen-bond acceptors (Lipinski definition) is 8. The summed E-state index contributed by atoms with van der Waals surface area (Å²) in [4.78, 5) is 28.7. The maximum Gasteiger partial charge on any atom is 0.230 e. The van der Waals surface area contributed by atoms with Crippen LogP contribution < -0.4 is 10.2 Å². The van der Waals surface area contributed by atoms with Crippen molar-refractivity contribution in [3.8, 4) is 0 Å². The number of rotatable bonds is 7. The predicted molar refractivity (Wildman–Crippen MR) is 112 cm³/mol. The molecule has 1 aliphatic carbocycles. The summed E-state index contributed by atoms with van der Waals surface area (Å²) in [6, 6.07) is 3.62. The van der Waals surface area contributed by atoms with E-state index in [0.717, 1.165) is 54.3 Å². The minimum atomic E-state index is -0.0674. The van der Waals surface area contributed by atoms with E-state index in [2.05, 4.69) is 20.4 Å². The van der Waals surface area contributed by atoms with Crippen LogP contribution in [0.2, 0.25) is 0 Å². The van der Waals surface area contributed by atoms with Crippen molar-refractivity contribution in [2.45, 2.75) is 36.6 Å². The summed E-state index contributed by atoms with van der Waals surface area (Å²) in [5.74, 6) is 1.52. The summed E-state index contributed by atoms with van der Waals surface area (Å²) >= 11 is 2.88. The quantitative estimate of drug-likeness (QED) is 0.668. The molecular weight excluding hydrogens is 410 g/mol. The molecule has 10 heteroatoms. The lowest BCUT2D eigenvalue weighted by atomic mass is 10.1. The number of amides is 2. The van der Waals surface area contributed by atoms with Gasteiger partial charge in [-0.2, -0.15) is 0 Å². The second-order valence-corrected chi connectivity index (χ2v) is 9.47. The molecule has 0 bridgehead atoms. The van der Waals surface area contributed by atoms with Crippen LogP contribution in [-0.2, 0) is 16.1 Å². The first-order valence-corrected chi connectivity index (χ1v) is 11.8. The minimum absolute atomic E-state index is 0.0674. The fourth-order valence-electron chi connectivity index (χ4n) is 3.71. The van der Waals surface area contributed by atoms with Crippen LogP contribution in [0.15, 0.2) is 27.2 Å². The van der Waals surface area contributed by atoms with Crippen LogP contribution in [0.5, 0.6) is 0 Å². The van der Waals surface area contributed by atoms with E-state index in [-0.39, 0.29) is 11.8 Å². The molecule has 4 rings (SSSR count). The molecule has 2 fully saturated rings. The number of carbonyl (C=O) groups excluding carboxylic acids is 2. The van der Waals surface area contributed by atoms with E-state index in [1.54, 1.807) is 12.3 Å². The minimum Gasteiger partial charge on any atom is -0.467 e. The SMILES string of the molecule is O=C(CSc1nnc(N2CCN(C(=O)C3CCCC3)CC2)s1)NCc1ccco1. The number of hydrogen-bond donors (Lipinski definition) is 1. The highest BCUT2D eigenvalue weighted by Gasteiger charge is 2.30. The Morgan fingerprint density at radius 2 is 2.00 bits per heavy atom. The molecule has 2 amide bonds. The Hall–Kier alpha value is -2.07. The van der Waals surface area contributed by atoms with E-state index in [4.69, 9.17) is 4.42 Å². The van der Waals surface area contributed by atoms with Crippen LogP contribution in [0.3, 0.4) is 0 Å². The van der Waals surface area contributed by atoms with E-state index in [9.17, 15) is 9.59 Å². The number of aromatic nitrogens is 2. The van der Waals surface area contributed by atoms with Gasteiger partial charge >= 0.3 is 0 Å². The third-order valence-electron chi connectivity index (χ3n) is 5.33. The third-order valence-corrected chi connectivity index (χ3v) is 7.45. The molecule has 8 nitrogen and oxygen atoms in total. The van der Waals surface area contributed by atoms with E-state index < -0.39 is 0 Å². The lowest BCUT2D eigenvalue weighted by molar-refractivity contribution is -0.135. The van der Waals surface area contributed by atoms with Gasteiger partial charge in [0.25, 0.3) is 0 Å². The summed E-state index contributed by atoms with van der Waals surface area (Å²) in [7, 11) is 0. The highest BCUT2D eigenvalue weighted by molar-refractivity contribution is 8.01. The molecule has 1 N–H and O–H groups in total. The number of carbonyl (C=O) groups is 2. The molecule has 0 aromatic carbocycles. The van der Waals surface area contributed by atoms with E-state index in [1.807, 2.05) is 11.0 Å². The lowest BCUT2D eigenvalue weighted by Crippen LogP contribution is -2.50. The number of nitrogens with zero attached hydrogens (tertiary/aromatic N) is 4. The molecule has 29 heavy (non-hydrogen) atoms. The normalized spacial score (nSPS) is 17.7. The Morgan fingerprint density at radius 3 is 2.72 bits per heavy atom. The Kier molecular flexibility index (Phi) is 6.70. The zero-order valence-electron chi connectivity index (χ0n) is 16.2. The summed E-state index contributed by atoms with van der Waals surface area (Å²) in [6.45, 7) is 3.43. The van der Waals surface area contributed by atoms with Gasteiger partial charge in [0.15, 0.2) is 4.34 Å². The van der Waals surface area contributed by atoms with Gasteiger partial charge in [-0.15, -0.1) is 10.2 Å². The monoisotopic (exact) mass is 435 g/mol. The van der Waals surface area contributed by atoms with E-state index >= 15 is 0 Å². The Labute approximate surface area is 178 Å². The number of furan rings is 1. The summed E-state index contributed by atoms with van der Waals surface area (Å²) in [5.41, 5.74) is 0. The van der Waals surface area contributed by atoms with Gasteiger partial charge in [0.2, 0.25) is 16.9 Å². The zero-order valence-corrected chi connectivity index (χ0v) is 17.8. The van der Waals surface area contributed by atoms with Crippen LogP contribution >= 0.6 is 23.1 Å². The first kappa shape index (κ1) is 20.2. The Bertz CT molecular complexity index is 812. The van der Waals surface area contributed by atoms with Crippen molar-refractivity contribution in [2.24, 2.45) is 5.92 Å². The topological polar surface area (TPSA) is 91.6 Å². The molecule has 1 saturated carbocycles. The standard InChI is InChI=1S/C19H25N5O3S2/c25-16(20-12-15-6-3-11-27-15)13-28-19-22-21-18(29-19)24-9-7-23(8-10-24)17(26)14-4-1-2-5-14/h3,6,11,14H,1-2,4-5,7-10,12-13H2,(H,20,25). The maximum atomic E-state index is 12.6. The highest BCUT2D eigenvalue weighted by Crippen LogP contribution is 2.30. The number of nitrogens with one attached hydrogen (secondary N) is 1. The summed E-state index contributed by atoms with van der Waals surface area (Å²) in [5, 5.41) is 12.2. The third kappa shape index (κ3) is 5.30. The average molecular weight is 436 g/mol. The van der Waals surface area contributed by atoms with Gasteiger partial charge < -0.3 is 19.5 Å². The van der Waals surface area contributed by atoms with Crippen molar-refractivity contribution in [3.63, 3.8) is 0 Å². The molecule has 0 unspecified atom stereocenters. The highest BCUT2D eigenvalue weighted by atomic mass is 32.2. The van der Waals surface area contributed by atoms with Crippen molar-refractivity contribution in [1.29, 1.82) is 0 Å². The van der Waals surface area contributed by atoms with Crippen LogP contribution in [0.4, 0.5) is 5.13 Å². The van der Waals surface area contributed by atoms with Gasteiger partial charge in [-0.05, 0) is 25.0 Å². The molecule has 2 aromatic heterocycles. The summed E-state index contributed by atoms with van der Waals surface area (Å²) in [6.07, 6.45) is 6.05. The molecular formula is C19H25N5O3S2. The van der Waals surface area contributed by atoms with Crippen LogP contribution in [0.25, 0.3) is 0 Å². The Balaban J connectivity index is 1.20. The molecule has 2 aromatic rings. The zero-order chi connectivity index (χ0) is 20.1. The first-order chi connectivity index (χ1) is 14.2. The van der Waals surface area contributed by atoms with Crippen molar-refractivity contribution in [1.82, 2.24) is 20.4 Å². The second kappa shape index (κ2) is 9.62. The van der Waals surface area contributed by atoms with Crippen LogP contribution in [0, 0.1) is 5.92 Å². The fraction of sp³-hybridized carbons (Fsp3) is 0.579. The largest absolute Gasteiger partial charge is 0.467 e. The smallest absolute Gasteiger partial charge is 0.230 e. The predicted octanol–water partition coefficient (Wildman–Crippen LogP) is 2.38. The number of thioether (sulfide) groups is 1. The van der Waals surface area contributed by atoms with E-state index in [1.165, 1.54) is 35.9 Å². The van der Waals surface area contributed by atoms with Gasteiger partial charge in [0, 0.05) is 32.1 Å². The van der Waals surface area contributed by atoms with Crippen molar-refractivity contribution >= 4 is 40.0 Å². The van der Waals surface area contributed by atoms with Crippen molar-refractivity contribution < 1.29 is 14.0 Å². The molecule has 156 valence electrons. The fourth-order valence-corrected chi connectivity index (χ4v) is 5.44. The second-order valence-electron chi connectivity index (χ2n) is 7.29. The van der Waals surface area contributed by atoms with Crippen LogP contribution in [-0.4, -0.2) is 58.8 Å². The molecule has 0 spiro atoms. The number of piperazine rings is 1. The lowest BCUT2D eigenvalue weighted by Gasteiger charge is -2.35. The van der Waals surface area contributed by atoms with Crippen LogP contribution in [0.1, 0.15) is 31.4 Å². The Morgan fingerprint density at radius 1 is 1.21 bits per heavy atom. The maximum absolute atomic E-state index is 12.6. The molecule has 2 aliphatic rings. The molecule has 0 atom stereocenters. The van der Waals surface area contributed by atoms with Crippen molar-refractivity contribution in [2.75, 3.05) is 36.8 Å². The van der Waals surface area contributed by atoms with Gasteiger partial charge in [-0.1, -0.05) is 35.9 Å². The molecule has 0 radical (unpaired) electrons. The molecule has 1 aliphatic heterocycles. The first-order valence-electron chi connectivity index (χ1n) is 9.98. The van der Waals surface area contributed by atoms with Gasteiger partial charge in [-0.3, -0.25) is 9.59 Å². The van der Waals surface area contributed by atoms with Gasteiger partial charge in [-0.25, -0.2) is 0 Å². The van der Waals surface area contributed by atoms with Gasteiger partial charge in [0.05, 0.1) is 18.6 Å². The number of anilines is 1. The molecule has 3 heterocycles. The average Bonchev–Trinajstić information content (AvgIpc) is 3.52. The molecule has 1 saturated heterocycles.